The van der Waals surface area contributed by atoms with Gasteiger partial charge < -0.3 is 19.6 Å². The number of fused-ring (bicyclic) bond motifs is 4. The largest absolute Gasteiger partial charge is 0.508 e. The van der Waals surface area contributed by atoms with Gasteiger partial charge in [0.25, 0.3) is 0 Å². The average Bonchev–Trinajstić information content (AvgIpc) is 3.76. The molecule has 48 heavy (non-hydrogen) atoms. The summed E-state index contributed by atoms with van der Waals surface area (Å²) >= 11 is 0. The number of phenolic OH excluding ortho intramolecular Hbond substituents is 1. The fraction of sp³-hybridized carbons (Fsp3) is 0.286. The van der Waals surface area contributed by atoms with Crippen LogP contribution in [0.25, 0.3) is 38.8 Å². The molecule has 0 radical (unpaired) electrons. The van der Waals surface area contributed by atoms with Gasteiger partial charge in [-0.25, -0.2) is 23.5 Å². The Morgan fingerprint density at radius 3 is 2.98 bits per heavy atom. The van der Waals surface area contributed by atoms with Crippen LogP contribution in [-0.4, -0.2) is 65.8 Å². The third kappa shape index (κ3) is 4.79. The van der Waals surface area contributed by atoms with Crippen molar-refractivity contribution < 1.29 is 23.0 Å². The van der Waals surface area contributed by atoms with Crippen molar-refractivity contribution in [2.45, 2.75) is 44.4 Å². The second-order valence-electron chi connectivity index (χ2n) is 12.3. The van der Waals surface area contributed by atoms with Gasteiger partial charge in [-0.05, 0) is 56.0 Å². The number of halogens is 2. The van der Waals surface area contributed by atoms with Gasteiger partial charge in [0.15, 0.2) is 0 Å². The fourth-order valence-corrected chi connectivity index (χ4v) is 7.26. The molecule has 8 rings (SSSR count). The molecule has 2 atom stereocenters. The molecule has 2 aromatic carbocycles. The van der Waals surface area contributed by atoms with Crippen LogP contribution in [-0.2, 0) is 6.54 Å². The van der Waals surface area contributed by atoms with Crippen molar-refractivity contribution in [2.75, 3.05) is 25.0 Å². The Labute approximate surface area is 272 Å². The molecule has 242 valence electrons. The van der Waals surface area contributed by atoms with E-state index in [1.54, 1.807) is 29.8 Å². The van der Waals surface area contributed by atoms with Crippen molar-refractivity contribution in [3.05, 3.63) is 82.0 Å². The van der Waals surface area contributed by atoms with E-state index in [-0.39, 0.29) is 58.5 Å². The second-order valence-corrected chi connectivity index (χ2v) is 12.3. The first-order chi connectivity index (χ1) is 23.2. The van der Waals surface area contributed by atoms with E-state index in [0.717, 1.165) is 25.1 Å². The molecule has 11 nitrogen and oxygen atoms in total. The van der Waals surface area contributed by atoms with Crippen LogP contribution in [0.1, 0.15) is 36.1 Å². The number of aromatic nitrogens is 5. The van der Waals surface area contributed by atoms with Crippen molar-refractivity contribution in [2.24, 2.45) is 0 Å². The van der Waals surface area contributed by atoms with E-state index in [0.29, 0.717) is 35.1 Å². The molecule has 0 amide bonds. The molecule has 13 heteroatoms. The highest BCUT2D eigenvalue weighted by Crippen LogP contribution is 2.41. The highest BCUT2D eigenvalue weighted by molar-refractivity contribution is 6.03. The molecule has 4 aromatic heterocycles. The number of alkyl halides is 1. The number of terminal acetylenes is 1. The van der Waals surface area contributed by atoms with Crippen molar-refractivity contribution in [1.29, 1.82) is 0 Å². The molecule has 2 aliphatic heterocycles. The van der Waals surface area contributed by atoms with Crippen LogP contribution in [0.4, 0.5) is 14.6 Å². The summed E-state index contributed by atoms with van der Waals surface area (Å²) in [6.45, 7) is 3.24. The summed E-state index contributed by atoms with van der Waals surface area (Å²) in [5, 5.41) is 14.7. The van der Waals surface area contributed by atoms with Crippen molar-refractivity contribution in [1.82, 2.24) is 29.2 Å². The third-order valence-corrected chi connectivity index (χ3v) is 9.46. The van der Waals surface area contributed by atoms with Crippen molar-refractivity contribution in [3.8, 4) is 35.4 Å². The molecule has 2 N–H and O–H groups in total. The first-order valence-corrected chi connectivity index (χ1v) is 15.5. The normalized spacial score (nSPS) is 19.2. The van der Waals surface area contributed by atoms with Gasteiger partial charge in [0.05, 0.1) is 35.1 Å². The van der Waals surface area contributed by atoms with Gasteiger partial charge in [0, 0.05) is 41.9 Å². The first kappa shape index (κ1) is 29.8. The number of phenols is 1. The van der Waals surface area contributed by atoms with Gasteiger partial charge in [-0.3, -0.25) is 9.30 Å². The molecule has 2 aliphatic rings. The Kier molecular flexibility index (Phi) is 6.99. The summed E-state index contributed by atoms with van der Waals surface area (Å²) in [7, 11) is 0. The lowest BCUT2D eigenvalue weighted by Gasteiger charge is -2.30. The van der Waals surface area contributed by atoms with Gasteiger partial charge in [-0.15, -0.1) is 6.42 Å². The van der Waals surface area contributed by atoms with Gasteiger partial charge in [0.2, 0.25) is 5.78 Å². The lowest BCUT2D eigenvalue weighted by atomic mass is 9.95. The predicted molar refractivity (Wildman–Crippen MR) is 174 cm³/mol. The van der Waals surface area contributed by atoms with Gasteiger partial charge in [-0.2, -0.15) is 9.97 Å². The van der Waals surface area contributed by atoms with Gasteiger partial charge in [-0.1, -0.05) is 12.0 Å². The number of hydrogen-bond donors (Lipinski definition) is 2. The van der Waals surface area contributed by atoms with Crippen LogP contribution >= 0.6 is 0 Å². The van der Waals surface area contributed by atoms with Gasteiger partial charge >= 0.3 is 11.6 Å². The SMILES string of the molecule is C#Cc1c(F)ccc2cc(O)cc(-c3oc(=O)c4c(NCc5cnc6ncccn56)nc(OC[C@@]56CCCN5C[C@H](F)C6)nc4c3C)c12. The summed E-state index contributed by atoms with van der Waals surface area (Å²) in [5.74, 6) is 2.34. The molecular formula is C35H29F2N7O4. The Bertz CT molecular complexity index is 2370. The molecule has 0 unspecified atom stereocenters. The highest BCUT2D eigenvalue weighted by Gasteiger charge is 2.49. The molecule has 0 aliphatic carbocycles. The minimum Gasteiger partial charge on any atom is -0.508 e. The number of hydrogen-bond acceptors (Lipinski definition) is 10. The quantitative estimate of drug-likeness (QED) is 0.224. The molecular weight excluding hydrogens is 620 g/mol. The number of ether oxygens (including phenoxy) is 1. The van der Waals surface area contributed by atoms with Crippen LogP contribution < -0.4 is 15.7 Å². The van der Waals surface area contributed by atoms with Crippen LogP contribution in [0, 0.1) is 25.1 Å². The summed E-state index contributed by atoms with van der Waals surface area (Å²) in [6.07, 6.45) is 12.0. The average molecular weight is 650 g/mol. The van der Waals surface area contributed by atoms with E-state index in [1.807, 2.05) is 6.20 Å². The van der Waals surface area contributed by atoms with E-state index >= 15 is 0 Å². The summed E-state index contributed by atoms with van der Waals surface area (Å²) in [5.41, 5.74) is 0.336. The summed E-state index contributed by atoms with van der Waals surface area (Å²) < 4.78 is 43.4. The lowest BCUT2D eigenvalue weighted by molar-refractivity contribution is 0.107. The maximum atomic E-state index is 14.9. The number of rotatable bonds is 7. The van der Waals surface area contributed by atoms with Crippen LogP contribution in [0.3, 0.4) is 0 Å². The smallest absolute Gasteiger partial charge is 0.349 e. The highest BCUT2D eigenvalue weighted by atomic mass is 19.1. The number of benzene rings is 2. The predicted octanol–water partition coefficient (Wildman–Crippen LogP) is 5.15. The Hall–Kier alpha value is -5.61. The lowest BCUT2D eigenvalue weighted by Crippen LogP contribution is -2.43. The molecule has 0 spiro atoms. The number of imidazole rings is 1. The molecule has 2 fully saturated rings. The Morgan fingerprint density at radius 1 is 1.25 bits per heavy atom. The van der Waals surface area contributed by atoms with Crippen LogP contribution in [0.15, 0.2) is 58.1 Å². The van der Waals surface area contributed by atoms with E-state index in [9.17, 15) is 18.7 Å². The topological polar surface area (TPSA) is 131 Å². The zero-order valence-electron chi connectivity index (χ0n) is 25.8. The molecule has 6 heterocycles. The van der Waals surface area contributed by atoms with E-state index in [4.69, 9.17) is 15.6 Å². The number of aryl methyl sites for hydroxylation is 1. The number of anilines is 1. The van der Waals surface area contributed by atoms with Crippen molar-refractivity contribution >= 4 is 33.3 Å². The maximum absolute atomic E-state index is 14.9. The Morgan fingerprint density at radius 2 is 2.12 bits per heavy atom. The van der Waals surface area contributed by atoms with Crippen molar-refractivity contribution in [3.63, 3.8) is 0 Å². The van der Waals surface area contributed by atoms with Crippen LogP contribution in [0.5, 0.6) is 11.8 Å². The van der Waals surface area contributed by atoms with E-state index in [1.165, 1.54) is 24.3 Å². The fourth-order valence-electron chi connectivity index (χ4n) is 7.26. The zero-order valence-corrected chi connectivity index (χ0v) is 25.8. The first-order valence-electron chi connectivity index (χ1n) is 15.5. The monoisotopic (exact) mass is 649 g/mol. The van der Waals surface area contributed by atoms with Crippen LogP contribution in [0.2, 0.25) is 0 Å². The van der Waals surface area contributed by atoms with E-state index < -0.39 is 23.2 Å². The zero-order chi connectivity index (χ0) is 33.2. The number of nitrogens with zero attached hydrogens (tertiary/aromatic N) is 6. The Balaban J connectivity index is 1.28. The molecule has 0 saturated carbocycles. The molecule has 2 saturated heterocycles. The summed E-state index contributed by atoms with van der Waals surface area (Å²) in [4.78, 5) is 33.8. The number of nitrogens with one attached hydrogen (secondary N) is 1. The molecule has 0 bridgehead atoms. The minimum atomic E-state index is -0.937. The summed E-state index contributed by atoms with van der Waals surface area (Å²) in [6, 6.07) is 7.31. The van der Waals surface area contributed by atoms with Gasteiger partial charge in [0.1, 0.15) is 41.3 Å². The second kappa shape index (κ2) is 11.3. The third-order valence-electron chi connectivity index (χ3n) is 9.46. The number of aromatic hydroxyl groups is 1. The maximum Gasteiger partial charge on any atom is 0.349 e. The standard InChI is InChI=1S/C35H29F2N7O4/c1-3-24-26(37)7-6-20-12-23(45)13-25(27(20)24)30-19(2)29-28(32(46)48-30)31(39-15-22-16-40-33-38-9-5-11-44(22)33)42-34(41-29)47-18-35-8-4-10-43(35)17-21(36)14-35/h1,5-7,9,11-13,16,21,45H,4,8,10,14-15,17-18H2,2H3,(H,39,41,42)/t21-,35+/m1/s1. The molecule has 6 aromatic rings. The minimum absolute atomic E-state index is 0.0101. The van der Waals surface area contributed by atoms with E-state index in [2.05, 4.69) is 36.1 Å².